The molecule has 10 atom stereocenters. The number of carbonyl (C=O) groups is 1. The standard InChI is InChI=1S/C52H76N2O9/c1-4-5-18-45(58)46(59)28-22-38-21-20-37-15-8-7-14-36(37)16-12-19-48(51(3,63)52(30-9-6-10-31-52)40-23-25-41(56)26-24-40)54-44(43(38)33-42(57)34-55)27-29-47(60)50-39(32-49(61)62)17-11-13-35(2)53-50/h7-8,14-15,22-26,28,35,39,42,44-48,50,53-60,63H,4-6,9-11,13,17-21,27,29-34H2,1-3H3,(H,61,62). The van der Waals surface area contributed by atoms with E-state index in [1.165, 1.54) is 0 Å². The molecule has 5 rings (SSSR count). The van der Waals surface area contributed by atoms with Gasteiger partial charge in [-0.1, -0.05) is 99.8 Å². The van der Waals surface area contributed by atoms with E-state index in [0.29, 0.717) is 44.9 Å². The zero-order chi connectivity index (χ0) is 45.6. The monoisotopic (exact) mass is 873 g/mol. The molecule has 1 saturated heterocycles. The van der Waals surface area contributed by atoms with Crippen LogP contribution in [0.2, 0.25) is 0 Å². The molecule has 11 nitrogen and oxygen atoms in total. The first-order valence-electron chi connectivity index (χ1n) is 23.7. The van der Waals surface area contributed by atoms with E-state index < -0.39 is 66.1 Å². The van der Waals surface area contributed by atoms with Crippen molar-refractivity contribution in [3.63, 3.8) is 0 Å². The molecule has 2 aromatic rings. The van der Waals surface area contributed by atoms with Gasteiger partial charge in [0, 0.05) is 48.0 Å². The first-order valence-corrected chi connectivity index (χ1v) is 23.7. The highest BCUT2D eigenvalue weighted by Crippen LogP contribution is 2.50. The van der Waals surface area contributed by atoms with Crippen LogP contribution in [0.4, 0.5) is 0 Å². The van der Waals surface area contributed by atoms with E-state index in [1.807, 2.05) is 56.3 Å². The van der Waals surface area contributed by atoms with Crippen molar-refractivity contribution in [3.8, 4) is 17.6 Å². The predicted octanol–water partition coefficient (Wildman–Crippen LogP) is 6.33. The molecule has 10 unspecified atom stereocenters. The first-order chi connectivity index (χ1) is 30.2. The SMILES string of the molecule is CCCCC(O)C(O)C=CC1=C(CC(O)CO)C(CCC(O)C2NC(C)CCCC2CC(=O)O)NC(C(C)(O)C2(c3ccc(O)cc3)CCCCC2)CC#Cc2ccccc2CC1. The lowest BCUT2D eigenvalue weighted by molar-refractivity contribution is -0.138. The lowest BCUT2D eigenvalue weighted by Gasteiger charge is -2.52. The fraction of sp³-hybridized carbons (Fsp3) is 0.635. The highest BCUT2D eigenvalue weighted by Gasteiger charge is 2.53. The maximum Gasteiger partial charge on any atom is 0.303 e. The second-order valence-electron chi connectivity index (χ2n) is 18.9. The van der Waals surface area contributed by atoms with Crippen molar-refractivity contribution in [2.45, 2.75) is 196 Å². The van der Waals surface area contributed by atoms with Gasteiger partial charge >= 0.3 is 5.97 Å². The van der Waals surface area contributed by atoms with Gasteiger partial charge in [0.2, 0.25) is 0 Å². The number of carboxylic acid groups (broad SMARTS) is 1. The number of carboxylic acids is 1. The zero-order valence-corrected chi connectivity index (χ0v) is 37.9. The minimum absolute atomic E-state index is 0.0457. The van der Waals surface area contributed by atoms with Crippen molar-refractivity contribution in [3.05, 3.63) is 88.5 Å². The number of phenolic OH excluding ortho intramolecular Hbond substituents is 1. The number of aliphatic carboxylic acids is 1. The van der Waals surface area contributed by atoms with E-state index in [2.05, 4.69) is 29.4 Å². The number of aliphatic hydroxyl groups excluding tert-OH is 5. The Labute approximate surface area is 375 Å². The van der Waals surface area contributed by atoms with Gasteiger partial charge in [-0.3, -0.25) is 4.79 Å². The predicted molar refractivity (Wildman–Crippen MR) is 247 cm³/mol. The number of unbranched alkanes of at least 4 members (excludes halogenated alkanes) is 1. The van der Waals surface area contributed by atoms with Crippen LogP contribution in [0.25, 0.3) is 0 Å². The smallest absolute Gasteiger partial charge is 0.303 e. The second-order valence-corrected chi connectivity index (χ2v) is 18.9. The number of phenols is 1. The number of hydrogen-bond acceptors (Lipinski definition) is 10. The van der Waals surface area contributed by atoms with Crippen LogP contribution in [-0.4, -0.2) is 108 Å². The van der Waals surface area contributed by atoms with Crippen molar-refractivity contribution in [2.24, 2.45) is 5.92 Å². The molecular weight excluding hydrogens is 797 g/mol. The van der Waals surface area contributed by atoms with Crippen LogP contribution in [0.5, 0.6) is 5.75 Å². The van der Waals surface area contributed by atoms with Crippen LogP contribution < -0.4 is 10.6 Å². The Morgan fingerprint density at radius 2 is 1.70 bits per heavy atom. The first kappa shape index (κ1) is 50.4. The Morgan fingerprint density at radius 1 is 0.968 bits per heavy atom. The van der Waals surface area contributed by atoms with E-state index >= 15 is 0 Å². The lowest BCUT2D eigenvalue weighted by atomic mass is 9.57. The molecule has 2 aliphatic heterocycles. The fourth-order valence-electron chi connectivity index (χ4n) is 10.7. The van der Waals surface area contributed by atoms with Crippen LogP contribution in [0.15, 0.2) is 71.8 Å². The Bertz CT molecular complexity index is 1860. The summed E-state index contributed by atoms with van der Waals surface area (Å²) in [5.74, 6) is 5.82. The normalized spacial score (nSPS) is 26.4. The molecule has 0 aromatic heterocycles. The molecule has 10 N–H and O–H groups in total. The topological polar surface area (TPSA) is 203 Å². The maximum atomic E-state index is 13.4. The minimum Gasteiger partial charge on any atom is -0.508 e. The largest absolute Gasteiger partial charge is 0.508 e. The van der Waals surface area contributed by atoms with Crippen LogP contribution in [0.1, 0.15) is 147 Å². The van der Waals surface area contributed by atoms with Gasteiger partial charge in [0.15, 0.2) is 0 Å². The Morgan fingerprint density at radius 3 is 2.40 bits per heavy atom. The van der Waals surface area contributed by atoms with Crippen LogP contribution in [-0.2, 0) is 16.6 Å². The van der Waals surface area contributed by atoms with Crippen molar-refractivity contribution in [1.82, 2.24) is 10.6 Å². The highest BCUT2D eigenvalue weighted by molar-refractivity contribution is 5.67. The molecule has 11 heteroatoms. The summed E-state index contributed by atoms with van der Waals surface area (Å²) >= 11 is 0. The summed E-state index contributed by atoms with van der Waals surface area (Å²) in [6, 6.07) is 13.4. The molecule has 348 valence electrons. The van der Waals surface area contributed by atoms with Gasteiger partial charge < -0.3 is 51.5 Å². The Kier molecular flexibility index (Phi) is 19.3. The molecule has 0 radical (unpaired) electrons. The van der Waals surface area contributed by atoms with E-state index in [0.717, 1.165) is 72.8 Å². The van der Waals surface area contributed by atoms with Gasteiger partial charge in [0.25, 0.3) is 0 Å². The summed E-state index contributed by atoms with van der Waals surface area (Å²) in [5.41, 5.74) is 2.17. The number of rotatable bonds is 18. The zero-order valence-electron chi connectivity index (χ0n) is 37.9. The number of nitrogens with one attached hydrogen (secondary N) is 2. The average molecular weight is 873 g/mol. The van der Waals surface area contributed by atoms with Crippen LogP contribution >= 0.6 is 0 Å². The van der Waals surface area contributed by atoms with E-state index in [4.69, 9.17) is 0 Å². The van der Waals surface area contributed by atoms with Crippen molar-refractivity contribution in [2.75, 3.05) is 6.61 Å². The van der Waals surface area contributed by atoms with Gasteiger partial charge in [-0.2, -0.15) is 0 Å². The molecule has 2 aromatic carbocycles. The lowest BCUT2D eigenvalue weighted by Crippen LogP contribution is -2.63. The number of hydrogen-bond donors (Lipinski definition) is 10. The van der Waals surface area contributed by atoms with E-state index in [-0.39, 0.29) is 43.4 Å². The van der Waals surface area contributed by atoms with Crippen molar-refractivity contribution < 1.29 is 45.6 Å². The van der Waals surface area contributed by atoms with Gasteiger partial charge in [-0.15, -0.1) is 0 Å². The third-order valence-corrected chi connectivity index (χ3v) is 14.4. The van der Waals surface area contributed by atoms with Crippen molar-refractivity contribution in [1.29, 1.82) is 0 Å². The second kappa shape index (κ2) is 24.1. The number of fused-ring (bicyclic) bond motifs is 1. The molecule has 0 amide bonds. The molecule has 1 saturated carbocycles. The van der Waals surface area contributed by atoms with Gasteiger partial charge in [-0.05, 0) is 124 Å². The molecule has 3 aliphatic rings. The summed E-state index contributed by atoms with van der Waals surface area (Å²) in [6.45, 7) is 5.46. The van der Waals surface area contributed by atoms with Crippen LogP contribution in [0, 0.1) is 17.8 Å². The molecule has 0 bridgehead atoms. The third kappa shape index (κ3) is 13.5. The number of aryl methyl sites for hydroxylation is 1. The molecule has 2 fully saturated rings. The van der Waals surface area contributed by atoms with E-state index in [9.17, 15) is 45.6 Å². The van der Waals surface area contributed by atoms with Gasteiger partial charge in [-0.25, -0.2) is 0 Å². The third-order valence-electron chi connectivity index (χ3n) is 14.4. The Hall–Kier alpha value is -3.57. The van der Waals surface area contributed by atoms with E-state index in [1.54, 1.807) is 18.2 Å². The van der Waals surface area contributed by atoms with Gasteiger partial charge in [0.1, 0.15) is 5.75 Å². The number of allylic oxidation sites excluding steroid dienone is 2. The highest BCUT2D eigenvalue weighted by atomic mass is 16.4. The summed E-state index contributed by atoms with van der Waals surface area (Å²) in [5, 5.41) is 97.0. The quantitative estimate of drug-likeness (QED) is 0.0751. The summed E-state index contributed by atoms with van der Waals surface area (Å²) in [6.07, 6.45) is 9.74. The van der Waals surface area contributed by atoms with Crippen LogP contribution in [0.3, 0.4) is 0 Å². The van der Waals surface area contributed by atoms with Gasteiger partial charge in [0.05, 0.1) is 36.6 Å². The Balaban J connectivity index is 1.69. The number of aromatic hydroxyl groups is 1. The minimum atomic E-state index is -1.43. The number of benzene rings is 2. The maximum absolute atomic E-state index is 13.4. The molecule has 0 spiro atoms. The summed E-state index contributed by atoms with van der Waals surface area (Å²) < 4.78 is 0. The van der Waals surface area contributed by atoms with Crippen molar-refractivity contribution >= 4 is 5.97 Å². The fourth-order valence-corrected chi connectivity index (χ4v) is 10.7. The average Bonchev–Trinajstić information content (AvgIpc) is 3.45. The molecular formula is C52H76N2O9. The number of aliphatic hydroxyl groups is 6. The summed E-state index contributed by atoms with van der Waals surface area (Å²) in [4.78, 5) is 12.1. The summed E-state index contributed by atoms with van der Waals surface area (Å²) in [7, 11) is 0. The molecule has 63 heavy (non-hydrogen) atoms. The molecule has 1 aliphatic carbocycles. The molecule has 2 heterocycles.